The minimum Gasteiger partial charge on any atom is -0.399 e. The zero-order chi connectivity index (χ0) is 13.9. The summed E-state index contributed by atoms with van der Waals surface area (Å²) in [4.78, 5) is 16.5. The summed E-state index contributed by atoms with van der Waals surface area (Å²) in [5, 5.41) is 2.91. The maximum Gasteiger partial charge on any atom is 0.321 e. The molecule has 0 atom stereocenters. The van der Waals surface area contributed by atoms with Crippen LogP contribution in [0.1, 0.15) is 12.8 Å². The molecule has 108 valence electrons. The second-order valence-electron chi connectivity index (χ2n) is 5.79. The summed E-state index contributed by atoms with van der Waals surface area (Å²) >= 11 is 0. The molecule has 1 aromatic carbocycles. The second kappa shape index (κ2) is 5.71. The molecule has 2 aliphatic rings. The van der Waals surface area contributed by atoms with E-state index in [2.05, 4.69) is 10.2 Å². The summed E-state index contributed by atoms with van der Waals surface area (Å²) in [6, 6.07) is 7.27. The topological polar surface area (TPSA) is 61.6 Å². The first-order chi connectivity index (χ1) is 9.70. The number of anilines is 2. The Morgan fingerprint density at radius 1 is 1.25 bits per heavy atom. The van der Waals surface area contributed by atoms with Gasteiger partial charge in [0.15, 0.2) is 0 Å². The molecule has 1 saturated carbocycles. The Balaban J connectivity index is 1.48. The third-order valence-electron chi connectivity index (χ3n) is 4.01. The van der Waals surface area contributed by atoms with Crippen molar-refractivity contribution in [2.75, 3.05) is 43.8 Å². The first-order valence-electron chi connectivity index (χ1n) is 7.34. The lowest BCUT2D eigenvalue weighted by Crippen LogP contribution is -2.50. The van der Waals surface area contributed by atoms with E-state index >= 15 is 0 Å². The number of nitrogen functional groups attached to an aromatic ring is 1. The monoisotopic (exact) mass is 274 g/mol. The van der Waals surface area contributed by atoms with Gasteiger partial charge in [0.25, 0.3) is 0 Å². The number of carbonyl (C=O) groups is 1. The van der Waals surface area contributed by atoms with Crippen molar-refractivity contribution in [3.63, 3.8) is 0 Å². The Labute approximate surface area is 119 Å². The van der Waals surface area contributed by atoms with Crippen molar-refractivity contribution in [2.45, 2.75) is 12.8 Å². The summed E-state index contributed by atoms with van der Waals surface area (Å²) in [5.74, 6) is 0.919. The Kier molecular flexibility index (Phi) is 3.78. The average Bonchev–Trinajstić information content (AvgIpc) is 3.23. The minimum absolute atomic E-state index is 0.0262. The Morgan fingerprint density at radius 3 is 2.65 bits per heavy atom. The summed E-state index contributed by atoms with van der Waals surface area (Å²) in [5.41, 5.74) is 7.14. The van der Waals surface area contributed by atoms with Crippen LogP contribution >= 0.6 is 0 Å². The number of hydrogen-bond donors (Lipinski definition) is 2. The van der Waals surface area contributed by atoms with Crippen LogP contribution in [0.5, 0.6) is 0 Å². The number of benzene rings is 1. The fourth-order valence-corrected chi connectivity index (χ4v) is 2.62. The van der Waals surface area contributed by atoms with Gasteiger partial charge in [0.2, 0.25) is 0 Å². The third kappa shape index (κ3) is 3.42. The van der Waals surface area contributed by atoms with Crippen LogP contribution in [-0.2, 0) is 0 Å². The molecule has 0 bridgehead atoms. The molecule has 1 aliphatic carbocycles. The van der Waals surface area contributed by atoms with Crippen molar-refractivity contribution in [3.05, 3.63) is 24.3 Å². The highest BCUT2D eigenvalue weighted by atomic mass is 16.2. The predicted molar refractivity (Wildman–Crippen MR) is 80.6 cm³/mol. The fraction of sp³-hybridized carbons (Fsp3) is 0.533. The summed E-state index contributed by atoms with van der Waals surface area (Å²) in [7, 11) is 0. The Hall–Kier alpha value is -1.75. The Bertz CT molecular complexity index is 479. The number of hydrogen-bond acceptors (Lipinski definition) is 3. The van der Waals surface area contributed by atoms with Crippen molar-refractivity contribution >= 4 is 17.4 Å². The van der Waals surface area contributed by atoms with Gasteiger partial charge in [-0.25, -0.2) is 4.79 Å². The van der Waals surface area contributed by atoms with Crippen LogP contribution in [0.15, 0.2) is 24.3 Å². The SMILES string of the molecule is Nc1cccc(NC(=O)N2CCN(CC3CC3)CC2)c1. The van der Waals surface area contributed by atoms with Crippen LogP contribution in [0, 0.1) is 5.92 Å². The van der Waals surface area contributed by atoms with Crippen LogP contribution in [0.3, 0.4) is 0 Å². The molecular weight excluding hydrogens is 252 g/mol. The van der Waals surface area contributed by atoms with Crippen molar-refractivity contribution in [2.24, 2.45) is 5.92 Å². The van der Waals surface area contributed by atoms with Gasteiger partial charge in [-0.2, -0.15) is 0 Å². The zero-order valence-electron chi connectivity index (χ0n) is 11.7. The van der Waals surface area contributed by atoms with Gasteiger partial charge >= 0.3 is 6.03 Å². The molecule has 1 aromatic rings. The Morgan fingerprint density at radius 2 is 2.00 bits per heavy atom. The number of carbonyl (C=O) groups excluding carboxylic acids is 1. The number of piperazine rings is 1. The van der Waals surface area contributed by atoms with Crippen LogP contribution < -0.4 is 11.1 Å². The number of amides is 2. The first-order valence-corrected chi connectivity index (χ1v) is 7.34. The van der Waals surface area contributed by atoms with Gasteiger partial charge in [0, 0.05) is 44.1 Å². The lowest BCUT2D eigenvalue weighted by molar-refractivity contribution is 0.144. The van der Waals surface area contributed by atoms with E-state index in [4.69, 9.17) is 5.73 Å². The molecule has 2 fully saturated rings. The maximum atomic E-state index is 12.2. The van der Waals surface area contributed by atoms with Crippen LogP contribution in [-0.4, -0.2) is 48.6 Å². The normalized spacial score (nSPS) is 19.9. The molecule has 5 nitrogen and oxygen atoms in total. The number of nitrogens with zero attached hydrogens (tertiary/aromatic N) is 2. The lowest BCUT2D eigenvalue weighted by atomic mass is 10.2. The average molecular weight is 274 g/mol. The van der Waals surface area contributed by atoms with Gasteiger partial charge in [0.05, 0.1) is 0 Å². The zero-order valence-corrected chi connectivity index (χ0v) is 11.7. The molecule has 3 rings (SSSR count). The van der Waals surface area contributed by atoms with Gasteiger partial charge in [-0.15, -0.1) is 0 Å². The summed E-state index contributed by atoms with van der Waals surface area (Å²) in [6.07, 6.45) is 2.77. The van der Waals surface area contributed by atoms with Gasteiger partial charge in [-0.1, -0.05) is 6.07 Å². The number of nitrogens with two attached hydrogens (primary N) is 1. The van der Waals surface area contributed by atoms with Gasteiger partial charge in [-0.05, 0) is 37.0 Å². The molecule has 20 heavy (non-hydrogen) atoms. The molecule has 1 saturated heterocycles. The van der Waals surface area contributed by atoms with Crippen LogP contribution in [0.4, 0.5) is 16.2 Å². The molecule has 2 amide bonds. The second-order valence-corrected chi connectivity index (χ2v) is 5.79. The lowest BCUT2D eigenvalue weighted by Gasteiger charge is -2.34. The maximum absolute atomic E-state index is 12.2. The van der Waals surface area contributed by atoms with E-state index in [1.165, 1.54) is 19.4 Å². The van der Waals surface area contributed by atoms with Crippen molar-refractivity contribution < 1.29 is 4.79 Å². The smallest absolute Gasteiger partial charge is 0.321 e. The molecule has 0 radical (unpaired) electrons. The van der Waals surface area contributed by atoms with Crippen LogP contribution in [0.25, 0.3) is 0 Å². The van der Waals surface area contributed by atoms with E-state index in [-0.39, 0.29) is 6.03 Å². The highest BCUT2D eigenvalue weighted by molar-refractivity contribution is 5.89. The number of nitrogens with one attached hydrogen (secondary N) is 1. The molecule has 1 heterocycles. The predicted octanol–water partition coefficient (Wildman–Crippen LogP) is 1.83. The fourth-order valence-electron chi connectivity index (χ4n) is 2.62. The molecule has 0 unspecified atom stereocenters. The van der Waals surface area contributed by atoms with Crippen molar-refractivity contribution in [3.8, 4) is 0 Å². The highest BCUT2D eigenvalue weighted by Gasteiger charge is 2.27. The van der Waals surface area contributed by atoms with Gasteiger partial charge in [-0.3, -0.25) is 4.90 Å². The van der Waals surface area contributed by atoms with E-state index < -0.39 is 0 Å². The molecule has 0 aromatic heterocycles. The minimum atomic E-state index is -0.0262. The molecule has 0 spiro atoms. The summed E-state index contributed by atoms with van der Waals surface area (Å²) in [6.45, 7) is 4.80. The standard InChI is InChI=1S/C15H22N4O/c16-13-2-1-3-14(10-13)17-15(20)19-8-6-18(7-9-19)11-12-4-5-12/h1-3,10,12H,4-9,11,16H2,(H,17,20). The quantitative estimate of drug-likeness (QED) is 0.827. The van der Waals surface area contributed by atoms with Gasteiger partial charge in [0.1, 0.15) is 0 Å². The molecule has 5 heteroatoms. The van der Waals surface area contributed by atoms with E-state index in [9.17, 15) is 4.79 Å². The van der Waals surface area contributed by atoms with E-state index in [1.54, 1.807) is 6.07 Å². The van der Waals surface area contributed by atoms with E-state index in [0.717, 1.165) is 37.8 Å². The number of rotatable bonds is 3. The number of urea groups is 1. The van der Waals surface area contributed by atoms with E-state index in [1.807, 2.05) is 23.1 Å². The van der Waals surface area contributed by atoms with Crippen molar-refractivity contribution in [1.29, 1.82) is 0 Å². The van der Waals surface area contributed by atoms with Gasteiger partial charge < -0.3 is 16.0 Å². The molecular formula is C15H22N4O. The largest absolute Gasteiger partial charge is 0.399 e. The van der Waals surface area contributed by atoms with Crippen molar-refractivity contribution in [1.82, 2.24) is 9.80 Å². The molecule has 1 aliphatic heterocycles. The summed E-state index contributed by atoms with van der Waals surface area (Å²) < 4.78 is 0. The first kappa shape index (κ1) is 13.2. The van der Waals surface area contributed by atoms with E-state index in [0.29, 0.717) is 5.69 Å². The third-order valence-corrected chi connectivity index (χ3v) is 4.01. The van der Waals surface area contributed by atoms with Crippen LogP contribution in [0.2, 0.25) is 0 Å². The molecule has 3 N–H and O–H groups in total. The highest BCUT2D eigenvalue weighted by Crippen LogP contribution is 2.29.